The molecule has 1 aromatic rings. The number of nitrogens with zero attached hydrogens (tertiary/aromatic N) is 1. The zero-order valence-electron chi connectivity index (χ0n) is 5.34. The molecule has 50 valence electrons. The van der Waals surface area contributed by atoms with Crippen LogP contribution in [0.25, 0.3) is 0 Å². The summed E-state index contributed by atoms with van der Waals surface area (Å²) in [5.74, 6) is -0.216. The van der Waals surface area contributed by atoms with Gasteiger partial charge in [0.15, 0.2) is 0 Å². The maximum absolute atomic E-state index is 12.8. The third-order valence-electron chi connectivity index (χ3n) is 1.60. The molecule has 2 heteroatoms. The third-order valence-corrected chi connectivity index (χ3v) is 1.60. The van der Waals surface area contributed by atoms with Crippen LogP contribution in [-0.2, 0) is 6.42 Å². The summed E-state index contributed by atoms with van der Waals surface area (Å²) >= 11 is 0. The van der Waals surface area contributed by atoms with Gasteiger partial charge in [-0.2, -0.15) is 0 Å². The minimum Gasteiger partial charge on any atom is -0.258 e. The Bertz CT molecular complexity index is 291. The van der Waals surface area contributed by atoms with Gasteiger partial charge in [-0.05, 0) is 11.6 Å². The fraction of sp³-hybridized carbons (Fsp3) is 0.125. The zero-order valence-corrected chi connectivity index (χ0v) is 5.34. The Morgan fingerprint density at radius 3 is 3.10 bits per heavy atom. The molecular weight excluding hydrogens is 129 g/mol. The second-order valence-corrected chi connectivity index (χ2v) is 2.26. The predicted octanol–water partition coefficient (Wildman–Crippen LogP) is 2.08. The van der Waals surface area contributed by atoms with Crippen molar-refractivity contribution in [2.75, 3.05) is 0 Å². The van der Waals surface area contributed by atoms with Crippen molar-refractivity contribution in [3.05, 3.63) is 29.6 Å². The highest BCUT2D eigenvalue weighted by Gasteiger charge is 2.09. The number of rotatable bonds is 0. The van der Waals surface area contributed by atoms with E-state index in [1.54, 1.807) is 12.3 Å². The van der Waals surface area contributed by atoms with Crippen molar-refractivity contribution in [3.63, 3.8) is 0 Å². The van der Waals surface area contributed by atoms with Crippen LogP contribution in [0.4, 0.5) is 10.1 Å². The monoisotopic (exact) mass is 135 g/mol. The van der Waals surface area contributed by atoms with E-state index in [4.69, 9.17) is 0 Å². The van der Waals surface area contributed by atoms with E-state index in [2.05, 4.69) is 4.99 Å². The normalized spacial score (nSPS) is 13.7. The molecular formula is C8H6FN. The van der Waals surface area contributed by atoms with Gasteiger partial charge in [-0.15, -0.1) is 0 Å². The van der Waals surface area contributed by atoms with Gasteiger partial charge < -0.3 is 0 Å². The molecule has 0 aliphatic carbocycles. The van der Waals surface area contributed by atoms with Gasteiger partial charge >= 0.3 is 0 Å². The Morgan fingerprint density at radius 2 is 2.30 bits per heavy atom. The first-order chi connectivity index (χ1) is 4.88. The number of aliphatic imine (C=N–C) groups is 1. The number of halogens is 1. The van der Waals surface area contributed by atoms with Crippen molar-refractivity contribution in [3.8, 4) is 0 Å². The Morgan fingerprint density at radius 1 is 1.40 bits per heavy atom. The molecule has 0 atom stereocenters. The van der Waals surface area contributed by atoms with Crippen LogP contribution in [0.15, 0.2) is 23.2 Å². The van der Waals surface area contributed by atoms with E-state index in [1.165, 1.54) is 6.07 Å². The lowest BCUT2D eigenvalue weighted by atomic mass is 10.1. The summed E-state index contributed by atoms with van der Waals surface area (Å²) < 4.78 is 12.8. The molecule has 1 heterocycles. The molecule has 0 aromatic heterocycles. The average Bonchev–Trinajstić information content (AvgIpc) is 2.36. The van der Waals surface area contributed by atoms with Gasteiger partial charge in [-0.3, -0.25) is 4.99 Å². The fourth-order valence-corrected chi connectivity index (χ4v) is 1.10. The van der Waals surface area contributed by atoms with Gasteiger partial charge in [-0.25, -0.2) is 4.39 Å². The van der Waals surface area contributed by atoms with E-state index >= 15 is 0 Å². The molecule has 1 aromatic carbocycles. The van der Waals surface area contributed by atoms with Crippen molar-refractivity contribution >= 4 is 11.9 Å². The summed E-state index contributed by atoms with van der Waals surface area (Å²) in [4.78, 5) is 3.90. The summed E-state index contributed by atoms with van der Waals surface area (Å²) in [7, 11) is 0. The molecule has 0 fully saturated rings. The van der Waals surface area contributed by atoms with E-state index < -0.39 is 0 Å². The first-order valence-corrected chi connectivity index (χ1v) is 3.18. The fourth-order valence-electron chi connectivity index (χ4n) is 1.10. The third kappa shape index (κ3) is 0.652. The van der Waals surface area contributed by atoms with Crippen LogP contribution in [0.1, 0.15) is 5.56 Å². The summed E-state index contributed by atoms with van der Waals surface area (Å²) in [5.41, 5.74) is 1.50. The molecule has 10 heavy (non-hydrogen) atoms. The SMILES string of the molecule is Fc1cccc2c1N=CC2. The van der Waals surface area contributed by atoms with E-state index in [-0.39, 0.29) is 5.82 Å². The van der Waals surface area contributed by atoms with Gasteiger partial charge in [0.2, 0.25) is 0 Å². The van der Waals surface area contributed by atoms with Crippen LogP contribution in [0.3, 0.4) is 0 Å². The lowest BCUT2D eigenvalue weighted by molar-refractivity contribution is 0.629. The molecule has 1 aliphatic rings. The van der Waals surface area contributed by atoms with Crippen molar-refractivity contribution < 1.29 is 4.39 Å². The van der Waals surface area contributed by atoms with Crippen LogP contribution < -0.4 is 0 Å². The molecule has 0 radical (unpaired) electrons. The molecule has 0 unspecified atom stereocenters. The minimum atomic E-state index is -0.216. The minimum absolute atomic E-state index is 0.216. The summed E-state index contributed by atoms with van der Waals surface area (Å²) in [6, 6.07) is 5.04. The predicted molar refractivity (Wildman–Crippen MR) is 38.3 cm³/mol. The lowest BCUT2D eigenvalue weighted by Gasteiger charge is -1.95. The van der Waals surface area contributed by atoms with Gasteiger partial charge in [0.1, 0.15) is 11.5 Å². The Balaban J connectivity index is 2.67. The molecule has 1 aliphatic heterocycles. The second kappa shape index (κ2) is 1.90. The smallest absolute Gasteiger partial charge is 0.149 e. The Hall–Kier alpha value is -1.18. The second-order valence-electron chi connectivity index (χ2n) is 2.26. The summed E-state index contributed by atoms with van der Waals surface area (Å²) in [6.07, 6.45) is 2.50. The topological polar surface area (TPSA) is 12.4 Å². The van der Waals surface area contributed by atoms with E-state index in [0.717, 1.165) is 12.0 Å². The van der Waals surface area contributed by atoms with Crippen LogP contribution in [0.2, 0.25) is 0 Å². The van der Waals surface area contributed by atoms with Gasteiger partial charge in [0.25, 0.3) is 0 Å². The van der Waals surface area contributed by atoms with E-state index in [0.29, 0.717) is 5.69 Å². The molecule has 0 bridgehead atoms. The number of para-hydroxylation sites is 1. The molecule has 0 spiro atoms. The summed E-state index contributed by atoms with van der Waals surface area (Å²) in [5, 5.41) is 0. The summed E-state index contributed by atoms with van der Waals surface area (Å²) in [6.45, 7) is 0. The van der Waals surface area contributed by atoms with Crippen LogP contribution in [0.5, 0.6) is 0 Å². The first kappa shape index (κ1) is 5.59. The van der Waals surface area contributed by atoms with Gasteiger partial charge in [0.05, 0.1) is 0 Å². The zero-order chi connectivity index (χ0) is 6.97. The molecule has 0 amide bonds. The van der Waals surface area contributed by atoms with Crippen LogP contribution >= 0.6 is 0 Å². The van der Waals surface area contributed by atoms with Crippen molar-refractivity contribution in [2.45, 2.75) is 6.42 Å². The van der Waals surface area contributed by atoms with Crippen LogP contribution in [0, 0.1) is 5.82 Å². The molecule has 0 saturated carbocycles. The number of benzene rings is 1. The maximum Gasteiger partial charge on any atom is 0.149 e. The molecule has 1 nitrogen and oxygen atoms in total. The average molecular weight is 135 g/mol. The standard InChI is InChI=1S/C8H6FN/c9-7-3-1-2-6-4-5-10-8(6)7/h1-3,5H,4H2. The molecule has 0 N–H and O–H groups in total. The van der Waals surface area contributed by atoms with Crippen LogP contribution in [-0.4, -0.2) is 6.21 Å². The Kier molecular flexibility index (Phi) is 1.07. The largest absolute Gasteiger partial charge is 0.258 e. The Labute approximate surface area is 58.2 Å². The number of hydrogen-bond acceptors (Lipinski definition) is 1. The quantitative estimate of drug-likeness (QED) is 0.516. The number of hydrogen-bond donors (Lipinski definition) is 0. The van der Waals surface area contributed by atoms with Crippen molar-refractivity contribution in [1.29, 1.82) is 0 Å². The highest BCUT2D eigenvalue weighted by Crippen LogP contribution is 2.26. The van der Waals surface area contributed by atoms with E-state index in [9.17, 15) is 4.39 Å². The highest BCUT2D eigenvalue weighted by atomic mass is 19.1. The van der Waals surface area contributed by atoms with Gasteiger partial charge in [0, 0.05) is 12.6 Å². The highest BCUT2D eigenvalue weighted by molar-refractivity contribution is 5.75. The molecule has 0 saturated heterocycles. The molecule has 2 rings (SSSR count). The van der Waals surface area contributed by atoms with Crippen molar-refractivity contribution in [1.82, 2.24) is 0 Å². The number of fused-ring (bicyclic) bond motifs is 1. The maximum atomic E-state index is 12.8. The first-order valence-electron chi connectivity index (χ1n) is 3.18. The lowest BCUT2D eigenvalue weighted by Crippen LogP contribution is -1.79. The van der Waals surface area contributed by atoms with Crippen molar-refractivity contribution in [2.24, 2.45) is 4.99 Å². The van der Waals surface area contributed by atoms with Gasteiger partial charge in [-0.1, -0.05) is 12.1 Å². The van der Waals surface area contributed by atoms with E-state index in [1.807, 2.05) is 6.07 Å².